The van der Waals surface area contributed by atoms with Crippen LogP contribution in [-0.2, 0) is 21.0 Å². The van der Waals surface area contributed by atoms with E-state index in [4.69, 9.17) is 34.8 Å². The van der Waals surface area contributed by atoms with Gasteiger partial charge in [0, 0.05) is 15.1 Å². The van der Waals surface area contributed by atoms with Crippen molar-refractivity contribution in [3.05, 3.63) is 118 Å². The van der Waals surface area contributed by atoms with E-state index in [0.29, 0.717) is 0 Å². The van der Waals surface area contributed by atoms with Gasteiger partial charge in [0.1, 0.15) is 10.1 Å². The first-order valence-electron chi connectivity index (χ1n) is 9.67. The van der Waals surface area contributed by atoms with Gasteiger partial charge in [0.05, 0.1) is 15.8 Å². The molecule has 0 aromatic heterocycles. The van der Waals surface area contributed by atoms with E-state index in [0.717, 1.165) is 20.6 Å². The molecule has 0 saturated carbocycles. The van der Waals surface area contributed by atoms with Gasteiger partial charge < -0.3 is 4.55 Å². The number of benzene rings is 4. The summed E-state index contributed by atoms with van der Waals surface area (Å²) >= 11 is 18.1. The highest BCUT2D eigenvalue weighted by molar-refractivity contribution is 7.97. The number of hydrogen-bond acceptors (Lipinski definition) is 3. The zero-order valence-electron chi connectivity index (χ0n) is 17.4. The fourth-order valence-corrected chi connectivity index (χ4v) is 5.71. The van der Waals surface area contributed by atoms with Crippen molar-refractivity contribution in [2.75, 3.05) is 0 Å². The van der Waals surface area contributed by atoms with Gasteiger partial charge in [-0.25, -0.2) is 8.42 Å². The van der Waals surface area contributed by atoms with Crippen LogP contribution in [0.1, 0.15) is 5.56 Å². The second kappa shape index (κ2) is 11.4. The quantitative estimate of drug-likeness (QED) is 0.198. The van der Waals surface area contributed by atoms with Gasteiger partial charge in [-0.05, 0) is 91.9 Å². The van der Waals surface area contributed by atoms with E-state index in [1.165, 1.54) is 26.8 Å². The van der Waals surface area contributed by atoms with Crippen LogP contribution in [0, 0.1) is 6.92 Å². The summed E-state index contributed by atoms with van der Waals surface area (Å²) in [6.45, 7) is 1.82. The van der Waals surface area contributed by atoms with E-state index < -0.39 is 10.1 Å². The Morgan fingerprint density at radius 2 is 0.879 bits per heavy atom. The Labute approximate surface area is 212 Å². The Hall–Kier alpha value is -1.99. The maximum atomic E-state index is 10.4. The fraction of sp³-hybridized carbons (Fsp3) is 0.0400. The first kappa shape index (κ1) is 25.6. The number of rotatable bonds is 4. The van der Waals surface area contributed by atoms with Crippen LogP contribution >= 0.6 is 34.8 Å². The fourth-order valence-electron chi connectivity index (χ4n) is 2.83. The molecular formula is C25H19Cl3O3S2. The number of halogens is 3. The molecule has 0 saturated heterocycles. The zero-order valence-corrected chi connectivity index (χ0v) is 21.3. The Kier molecular flexibility index (Phi) is 8.88. The lowest BCUT2D eigenvalue weighted by Crippen LogP contribution is -2.04. The minimum absolute atomic E-state index is 0.178. The highest BCUT2D eigenvalue weighted by Gasteiger charge is 2.28. The molecule has 4 aromatic rings. The van der Waals surface area contributed by atoms with Gasteiger partial charge in [-0.15, -0.1) is 0 Å². The lowest BCUT2D eigenvalue weighted by molar-refractivity contribution is 0.463. The molecule has 170 valence electrons. The summed E-state index contributed by atoms with van der Waals surface area (Å²) in [6, 6.07) is 29.7. The molecule has 0 bridgehead atoms. The van der Waals surface area contributed by atoms with Gasteiger partial charge in [0.2, 0.25) is 0 Å². The molecule has 0 heterocycles. The van der Waals surface area contributed by atoms with Crippen molar-refractivity contribution in [2.45, 2.75) is 26.5 Å². The highest BCUT2D eigenvalue weighted by Crippen LogP contribution is 2.33. The second-order valence-electron chi connectivity index (χ2n) is 6.94. The average molecular weight is 538 g/mol. The third kappa shape index (κ3) is 7.51. The summed E-state index contributed by atoms with van der Waals surface area (Å²) < 4.78 is 31.2. The van der Waals surface area contributed by atoms with Gasteiger partial charge in [0.15, 0.2) is 14.7 Å². The first-order valence-corrected chi connectivity index (χ1v) is 13.4. The smallest absolute Gasteiger partial charge is 0.166 e. The normalized spacial score (nSPS) is 11.1. The molecule has 0 atom stereocenters. The van der Waals surface area contributed by atoms with Crippen molar-refractivity contribution in [3.63, 3.8) is 0 Å². The van der Waals surface area contributed by atoms with Crippen LogP contribution in [0.4, 0.5) is 0 Å². The van der Waals surface area contributed by atoms with Crippen molar-refractivity contribution < 1.29 is 13.0 Å². The summed E-state index contributed by atoms with van der Waals surface area (Å²) in [5.74, 6) is 0. The molecule has 4 rings (SSSR count). The predicted octanol–water partition coefficient (Wildman–Crippen LogP) is 7.64. The third-order valence-electron chi connectivity index (χ3n) is 4.46. The molecule has 0 aliphatic carbocycles. The molecule has 0 spiro atoms. The molecule has 0 aliphatic heterocycles. The predicted molar refractivity (Wildman–Crippen MR) is 136 cm³/mol. The van der Waals surface area contributed by atoms with Crippen LogP contribution in [0.15, 0.2) is 117 Å². The number of aryl methyl sites for hydroxylation is 1. The molecular weight excluding hydrogens is 519 g/mol. The third-order valence-corrected chi connectivity index (χ3v) is 8.29. The van der Waals surface area contributed by atoms with Gasteiger partial charge in [0.25, 0.3) is 0 Å². The van der Waals surface area contributed by atoms with Crippen LogP contribution in [0.5, 0.6) is 0 Å². The van der Waals surface area contributed by atoms with Crippen LogP contribution < -0.4 is 0 Å². The monoisotopic (exact) mass is 536 g/mol. The zero-order chi connectivity index (χ0) is 24.0. The molecule has 0 N–H and O–H groups in total. The van der Waals surface area contributed by atoms with Gasteiger partial charge >= 0.3 is 0 Å². The van der Waals surface area contributed by atoms with Crippen molar-refractivity contribution >= 4 is 55.8 Å². The Balaban J connectivity index is 0.000000235. The standard InChI is InChI=1S/C18H12Cl3S.C7H8O3S/c19-13-1-7-16(8-2-13)22(17-9-3-14(20)4-10-17)18-11-5-15(21)6-12-18;1-6-2-4-7(5-3-6)11(8,9)10/h1-12H;2-5H,1H3,(H,8,9,10)/q+1;/p-1. The molecule has 0 aliphatic rings. The molecule has 0 amide bonds. The molecule has 0 fully saturated rings. The minimum atomic E-state index is -4.27. The first-order chi connectivity index (χ1) is 15.6. The van der Waals surface area contributed by atoms with Gasteiger partial charge in [-0.2, -0.15) is 0 Å². The summed E-state index contributed by atoms with van der Waals surface area (Å²) in [5.41, 5.74) is 0.928. The highest BCUT2D eigenvalue weighted by atomic mass is 35.5. The maximum Gasteiger partial charge on any atom is 0.166 e. The van der Waals surface area contributed by atoms with Crippen molar-refractivity contribution in [1.29, 1.82) is 0 Å². The van der Waals surface area contributed by atoms with Crippen molar-refractivity contribution in [1.82, 2.24) is 0 Å². The minimum Gasteiger partial charge on any atom is -0.744 e. The summed E-state index contributed by atoms with van der Waals surface area (Å²) in [5, 5.41) is 2.21. The van der Waals surface area contributed by atoms with Gasteiger partial charge in [-0.3, -0.25) is 0 Å². The number of hydrogen-bond donors (Lipinski definition) is 0. The lowest BCUT2D eigenvalue weighted by atomic mass is 10.2. The largest absolute Gasteiger partial charge is 0.744 e. The molecule has 0 unspecified atom stereocenters. The van der Waals surface area contributed by atoms with E-state index in [1.54, 1.807) is 12.1 Å². The van der Waals surface area contributed by atoms with Crippen LogP contribution in [0.3, 0.4) is 0 Å². The molecule has 4 aromatic carbocycles. The summed E-state index contributed by atoms with van der Waals surface area (Å²) in [6.07, 6.45) is 0. The van der Waals surface area contributed by atoms with Crippen molar-refractivity contribution in [2.24, 2.45) is 0 Å². The van der Waals surface area contributed by atoms with Crippen molar-refractivity contribution in [3.8, 4) is 0 Å². The SMILES string of the molecule is Cc1ccc(S(=O)(=O)[O-])cc1.Clc1ccc([S+](c2ccc(Cl)cc2)c2ccc(Cl)cc2)cc1. The lowest BCUT2D eigenvalue weighted by Gasteiger charge is -2.08. The van der Waals surface area contributed by atoms with E-state index in [-0.39, 0.29) is 15.8 Å². The van der Waals surface area contributed by atoms with Crippen LogP contribution in [-0.4, -0.2) is 13.0 Å². The van der Waals surface area contributed by atoms with E-state index >= 15 is 0 Å². The molecule has 3 nitrogen and oxygen atoms in total. The Morgan fingerprint density at radius 1 is 0.576 bits per heavy atom. The molecule has 33 heavy (non-hydrogen) atoms. The van der Waals surface area contributed by atoms with Crippen LogP contribution in [0.25, 0.3) is 0 Å². The maximum absolute atomic E-state index is 10.4. The summed E-state index contributed by atoms with van der Waals surface area (Å²) in [7, 11) is -4.48. The Bertz CT molecular complexity index is 1180. The van der Waals surface area contributed by atoms with E-state index in [1.807, 2.05) is 43.3 Å². The summed E-state index contributed by atoms with van der Waals surface area (Å²) in [4.78, 5) is 3.43. The Morgan fingerprint density at radius 3 is 1.15 bits per heavy atom. The van der Waals surface area contributed by atoms with Crippen LogP contribution in [0.2, 0.25) is 15.1 Å². The van der Waals surface area contributed by atoms with E-state index in [2.05, 4.69) is 36.4 Å². The molecule has 8 heteroatoms. The second-order valence-corrected chi connectivity index (χ2v) is 11.7. The van der Waals surface area contributed by atoms with Gasteiger partial charge in [-0.1, -0.05) is 52.5 Å². The molecule has 0 radical (unpaired) electrons. The van der Waals surface area contributed by atoms with E-state index in [9.17, 15) is 13.0 Å². The topological polar surface area (TPSA) is 57.2 Å². The average Bonchev–Trinajstić information content (AvgIpc) is 2.78.